The number of esters is 2. The molecular formula is C53H98O5. The maximum absolute atomic E-state index is 12.7. The lowest BCUT2D eigenvalue weighted by atomic mass is 10.1. The monoisotopic (exact) mass is 815 g/mol. The van der Waals surface area contributed by atoms with Gasteiger partial charge in [0.2, 0.25) is 0 Å². The van der Waals surface area contributed by atoms with Crippen LogP contribution in [0, 0.1) is 0 Å². The Kier molecular flexibility index (Phi) is 47.9. The Morgan fingerprint density at radius 2 is 0.724 bits per heavy atom. The third-order valence-electron chi connectivity index (χ3n) is 11.1. The van der Waals surface area contributed by atoms with Crippen LogP contribution in [0.4, 0.5) is 0 Å². The Morgan fingerprint density at radius 1 is 0.379 bits per heavy atom. The fourth-order valence-electron chi connectivity index (χ4n) is 7.30. The standard InChI is InChI=1S/C53H98O5/c1-4-7-10-13-16-19-21-23-25-27-28-30-32-35-37-40-43-46-52(54)57-50-51(58-53(55)47-44-41-38-34-18-15-12-9-6-3)49-56-48-45-42-39-36-33-31-29-26-24-22-20-17-14-11-8-5-2/h17,20,23-26,51H,4-16,18-19,21-22,27-50H2,1-3H3/b20-17-,25-23-,26-24-. The molecule has 0 spiro atoms. The van der Waals surface area contributed by atoms with E-state index in [1.807, 2.05) is 0 Å². The molecule has 0 aromatic heterocycles. The van der Waals surface area contributed by atoms with E-state index in [9.17, 15) is 9.59 Å². The average molecular weight is 815 g/mol. The van der Waals surface area contributed by atoms with Gasteiger partial charge in [-0.1, -0.05) is 211 Å². The summed E-state index contributed by atoms with van der Waals surface area (Å²) in [4.78, 5) is 25.3. The number of ether oxygens (including phenoxy) is 3. The Hall–Kier alpha value is -1.88. The van der Waals surface area contributed by atoms with Crippen molar-refractivity contribution in [2.45, 2.75) is 271 Å². The molecular weight excluding hydrogens is 717 g/mol. The summed E-state index contributed by atoms with van der Waals surface area (Å²) in [7, 11) is 0. The minimum absolute atomic E-state index is 0.0828. The quantitative estimate of drug-likeness (QED) is 0.0348. The van der Waals surface area contributed by atoms with Crippen molar-refractivity contribution in [3.05, 3.63) is 36.5 Å². The first-order valence-electron chi connectivity index (χ1n) is 25.5. The number of carbonyl (C=O) groups is 2. The molecule has 0 amide bonds. The molecule has 340 valence electrons. The third kappa shape index (κ3) is 46.8. The van der Waals surface area contributed by atoms with E-state index in [1.54, 1.807) is 0 Å². The fourth-order valence-corrected chi connectivity index (χ4v) is 7.30. The van der Waals surface area contributed by atoms with Gasteiger partial charge < -0.3 is 14.2 Å². The van der Waals surface area contributed by atoms with Gasteiger partial charge in [0.15, 0.2) is 6.10 Å². The molecule has 0 aromatic carbocycles. The molecule has 0 N–H and O–H groups in total. The van der Waals surface area contributed by atoms with Gasteiger partial charge in [-0.15, -0.1) is 0 Å². The van der Waals surface area contributed by atoms with Gasteiger partial charge in [-0.2, -0.15) is 0 Å². The van der Waals surface area contributed by atoms with Crippen molar-refractivity contribution < 1.29 is 23.8 Å². The van der Waals surface area contributed by atoms with Gasteiger partial charge in [0.1, 0.15) is 6.61 Å². The van der Waals surface area contributed by atoms with E-state index in [4.69, 9.17) is 14.2 Å². The first-order valence-corrected chi connectivity index (χ1v) is 25.5. The van der Waals surface area contributed by atoms with Gasteiger partial charge in [-0.25, -0.2) is 0 Å². The number of hydrogen-bond donors (Lipinski definition) is 0. The summed E-state index contributed by atoms with van der Waals surface area (Å²) in [6, 6.07) is 0. The van der Waals surface area contributed by atoms with Crippen molar-refractivity contribution >= 4 is 11.9 Å². The number of rotatable bonds is 47. The molecule has 0 saturated carbocycles. The molecule has 0 saturated heterocycles. The van der Waals surface area contributed by atoms with Gasteiger partial charge in [-0.05, 0) is 77.0 Å². The number of unbranched alkanes of at least 4 members (excludes halogenated alkanes) is 30. The molecule has 1 unspecified atom stereocenters. The topological polar surface area (TPSA) is 61.8 Å². The molecule has 0 aliphatic carbocycles. The molecule has 0 aliphatic heterocycles. The summed E-state index contributed by atoms with van der Waals surface area (Å²) < 4.78 is 17.4. The minimum Gasteiger partial charge on any atom is -0.462 e. The van der Waals surface area contributed by atoms with Gasteiger partial charge in [-0.3, -0.25) is 9.59 Å². The van der Waals surface area contributed by atoms with Crippen LogP contribution >= 0.6 is 0 Å². The van der Waals surface area contributed by atoms with E-state index in [0.717, 1.165) is 44.9 Å². The van der Waals surface area contributed by atoms with Crippen LogP contribution in [-0.2, 0) is 23.8 Å². The third-order valence-corrected chi connectivity index (χ3v) is 11.1. The molecule has 5 nitrogen and oxygen atoms in total. The van der Waals surface area contributed by atoms with E-state index >= 15 is 0 Å². The van der Waals surface area contributed by atoms with Crippen LogP contribution in [0.15, 0.2) is 36.5 Å². The maximum atomic E-state index is 12.7. The lowest BCUT2D eigenvalue weighted by Gasteiger charge is -2.18. The van der Waals surface area contributed by atoms with Crippen LogP contribution in [0.2, 0.25) is 0 Å². The summed E-state index contributed by atoms with van der Waals surface area (Å²) in [6.07, 6.45) is 58.6. The highest BCUT2D eigenvalue weighted by Crippen LogP contribution is 2.14. The summed E-state index contributed by atoms with van der Waals surface area (Å²) in [6.45, 7) is 7.79. The van der Waals surface area contributed by atoms with Crippen molar-refractivity contribution in [2.24, 2.45) is 0 Å². The highest BCUT2D eigenvalue weighted by Gasteiger charge is 2.17. The average Bonchev–Trinajstić information content (AvgIpc) is 3.22. The zero-order valence-electron chi connectivity index (χ0n) is 39.1. The fraction of sp³-hybridized carbons (Fsp3) is 0.849. The van der Waals surface area contributed by atoms with Gasteiger partial charge in [0.25, 0.3) is 0 Å². The van der Waals surface area contributed by atoms with Crippen LogP contribution in [0.1, 0.15) is 265 Å². The molecule has 0 rings (SSSR count). The number of allylic oxidation sites excluding steroid dienone is 6. The van der Waals surface area contributed by atoms with Gasteiger partial charge in [0.05, 0.1) is 6.61 Å². The van der Waals surface area contributed by atoms with E-state index in [2.05, 4.69) is 57.2 Å². The van der Waals surface area contributed by atoms with Crippen LogP contribution in [-0.4, -0.2) is 37.9 Å². The summed E-state index contributed by atoms with van der Waals surface area (Å²) in [5.41, 5.74) is 0. The number of hydrogen-bond acceptors (Lipinski definition) is 5. The SMILES string of the molecule is CCCCC/C=C\C/C=C\CCCCCCCCOCC(COC(=O)CCCCCCCCC/C=C\CCCCCCCC)OC(=O)CCCCCCCCCCC. The molecule has 58 heavy (non-hydrogen) atoms. The van der Waals surface area contributed by atoms with Crippen LogP contribution in [0.5, 0.6) is 0 Å². The molecule has 0 heterocycles. The molecule has 0 radical (unpaired) electrons. The Morgan fingerprint density at radius 3 is 1.19 bits per heavy atom. The van der Waals surface area contributed by atoms with Gasteiger partial charge in [0, 0.05) is 19.4 Å². The number of carbonyl (C=O) groups excluding carboxylic acids is 2. The van der Waals surface area contributed by atoms with E-state index in [1.165, 1.54) is 186 Å². The van der Waals surface area contributed by atoms with E-state index in [0.29, 0.717) is 19.4 Å². The zero-order valence-corrected chi connectivity index (χ0v) is 39.1. The second kappa shape index (κ2) is 49.5. The predicted octanol–water partition coefficient (Wildman–Crippen LogP) is 17.0. The minimum atomic E-state index is -0.537. The van der Waals surface area contributed by atoms with Crippen LogP contribution in [0.3, 0.4) is 0 Å². The van der Waals surface area contributed by atoms with Crippen molar-refractivity contribution in [3.63, 3.8) is 0 Å². The van der Waals surface area contributed by atoms with Crippen LogP contribution < -0.4 is 0 Å². The van der Waals surface area contributed by atoms with Crippen LogP contribution in [0.25, 0.3) is 0 Å². The second-order valence-corrected chi connectivity index (χ2v) is 17.1. The lowest BCUT2D eigenvalue weighted by molar-refractivity contribution is -0.163. The van der Waals surface area contributed by atoms with E-state index in [-0.39, 0.29) is 25.2 Å². The summed E-state index contributed by atoms with van der Waals surface area (Å²) in [5, 5.41) is 0. The summed E-state index contributed by atoms with van der Waals surface area (Å²) >= 11 is 0. The Balaban J connectivity index is 4.19. The smallest absolute Gasteiger partial charge is 0.306 e. The molecule has 0 aromatic rings. The van der Waals surface area contributed by atoms with Crippen molar-refractivity contribution in [3.8, 4) is 0 Å². The molecule has 0 bridgehead atoms. The largest absolute Gasteiger partial charge is 0.462 e. The predicted molar refractivity (Wildman–Crippen MR) is 252 cm³/mol. The normalized spacial score (nSPS) is 12.4. The molecule has 0 fully saturated rings. The Bertz CT molecular complexity index is 924. The highest BCUT2D eigenvalue weighted by atomic mass is 16.6. The van der Waals surface area contributed by atoms with Crippen molar-refractivity contribution in [1.82, 2.24) is 0 Å². The molecule has 0 aliphatic rings. The Labute approximate surface area is 361 Å². The first kappa shape index (κ1) is 56.1. The van der Waals surface area contributed by atoms with Crippen molar-refractivity contribution in [2.75, 3.05) is 19.8 Å². The van der Waals surface area contributed by atoms with Gasteiger partial charge >= 0.3 is 11.9 Å². The maximum Gasteiger partial charge on any atom is 0.306 e. The zero-order chi connectivity index (χ0) is 42.1. The lowest BCUT2D eigenvalue weighted by Crippen LogP contribution is -2.30. The summed E-state index contributed by atoms with van der Waals surface area (Å²) in [5.74, 6) is -0.400. The highest BCUT2D eigenvalue weighted by molar-refractivity contribution is 5.70. The first-order chi connectivity index (χ1) is 28.6. The second-order valence-electron chi connectivity index (χ2n) is 17.1. The van der Waals surface area contributed by atoms with Crippen molar-refractivity contribution in [1.29, 1.82) is 0 Å². The molecule has 1 atom stereocenters. The van der Waals surface area contributed by atoms with E-state index < -0.39 is 6.10 Å². The molecule has 5 heteroatoms.